The number of hydrogen-bond donors (Lipinski definition) is 1. The molecule has 0 fully saturated rings. The smallest absolute Gasteiger partial charge is 0.251 e. The van der Waals surface area contributed by atoms with Crippen LogP contribution in [0, 0.1) is 18.7 Å². The first-order valence-corrected chi connectivity index (χ1v) is 6.34. The Morgan fingerprint density at radius 1 is 1.30 bits per heavy atom. The highest BCUT2D eigenvalue weighted by Gasteiger charge is 2.24. The number of rotatable bonds is 4. The summed E-state index contributed by atoms with van der Waals surface area (Å²) < 4.78 is 18.0. The summed E-state index contributed by atoms with van der Waals surface area (Å²) in [6, 6.07) is 4.97. The zero-order valence-corrected chi connectivity index (χ0v) is 11.6. The summed E-state index contributed by atoms with van der Waals surface area (Å²) in [5.41, 5.74) is 0.383. The molecule has 0 radical (unpaired) electrons. The first kappa shape index (κ1) is 14.2. The van der Waals surface area contributed by atoms with Crippen LogP contribution in [0.25, 0.3) is 0 Å². The van der Waals surface area contributed by atoms with Crippen LogP contribution < -0.4 is 5.32 Å². The minimum atomic E-state index is -0.381. The van der Waals surface area contributed by atoms with Crippen molar-refractivity contribution >= 4 is 5.91 Å². The third-order valence-electron chi connectivity index (χ3n) is 2.87. The van der Waals surface area contributed by atoms with Gasteiger partial charge in [0.15, 0.2) is 5.82 Å². The second-order valence-electron chi connectivity index (χ2n) is 4.88. The number of aromatic nitrogens is 2. The van der Waals surface area contributed by atoms with Crippen LogP contribution in [0.15, 0.2) is 28.8 Å². The van der Waals surface area contributed by atoms with Crippen LogP contribution in [0.4, 0.5) is 4.39 Å². The minimum Gasteiger partial charge on any atom is -0.340 e. The van der Waals surface area contributed by atoms with E-state index in [1.54, 1.807) is 6.92 Å². The molecule has 0 spiro atoms. The Balaban J connectivity index is 2.16. The van der Waals surface area contributed by atoms with Gasteiger partial charge < -0.3 is 9.84 Å². The monoisotopic (exact) mass is 277 g/mol. The maximum absolute atomic E-state index is 12.8. The van der Waals surface area contributed by atoms with Gasteiger partial charge in [-0.3, -0.25) is 4.79 Å². The fourth-order valence-corrected chi connectivity index (χ4v) is 1.78. The molecule has 1 aromatic carbocycles. The van der Waals surface area contributed by atoms with Crippen molar-refractivity contribution in [2.75, 3.05) is 0 Å². The quantitative estimate of drug-likeness (QED) is 0.932. The normalized spacial score (nSPS) is 12.4. The van der Waals surface area contributed by atoms with Crippen molar-refractivity contribution in [3.05, 3.63) is 47.4 Å². The van der Waals surface area contributed by atoms with Gasteiger partial charge in [-0.1, -0.05) is 19.0 Å². The molecular weight excluding hydrogens is 261 g/mol. The first-order valence-electron chi connectivity index (χ1n) is 6.34. The summed E-state index contributed by atoms with van der Waals surface area (Å²) in [7, 11) is 0. The Labute approximate surface area is 116 Å². The summed E-state index contributed by atoms with van der Waals surface area (Å²) >= 11 is 0. The fraction of sp³-hybridized carbons (Fsp3) is 0.357. The second kappa shape index (κ2) is 5.81. The van der Waals surface area contributed by atoms with Crippen molar-refractivity contribution in [3.8, 4) is 0 Å². The summed E-state index contributed by atoms with van der Waals surface area (Å²) in [5, 5.41) is 6.55. The van der Waals surface area contributed by atoms with Gasteiger partial charge in [-0.05, 0) is 37.1 Å². The van der Waals surface area contributed by atoms with Gasteiger partial charge in [0, 0.05) is 5.56 Å². The molecule has 0 saturated heterocycles. The number of nitrogens with one attached hydrogen (secondary N) is 1. The van der Waals surface area contributed by atoms with Gasteiger partial charge >= 0.3 is 0 Å². The van der Waals surface area contributed by atoms with Crippen LogP contribution in [0.2, 0.25) is 0 Å². The van der Waals surface area contributed by atoms with E-state index in [9.17, 15) is 9.18 Å². The lowest BCUT2D eigenvalue weighted by atomic mass is 10.0. The zero-order valence-electron chi connectivity index (χ0n) is 11.6. The summed E-state index contributed by atoms with van der Waals surface area (Å²) in [5.74, 6) is 0.280. The van der Waals surface area contributed by atoms with E-state index in [1.165, 1.54) is 24.3 Å². The molecule has 0 saturated carbocycles. The second-order valence-corrected chi connectivity index (χ2v) is 4.88. The van der Waals surface area contributed by atoms with Gasteiger partial charge in [0.1, 0.15) is 11.9 Å². The highest BCUT2D eigenvalue weighted by atomic mass is 19.1. The van der Waals surface area contributed by atoms with Gasteiger partial charge in [0.25, 0.3) is 5.91 Å². The molecule has 0 aliphatic carbocycles. The third-order valence-corrected chi connectivity index (χ3v) is 2.87. The fourth-order valence-electron chi connectivity index (χ4n) is 1.78. The Hall–Kier alpha value is -2.24. The molecule has 20 heavy (non-hydrogen) atoms. The Bertz CT molecular complexity index is 593. The Morgan fingerprint density at radius 2 is 1.95 bits per heavy atom. The lowest BCUT2D eigenvalue weighted by molar-refractivity contribution is 0.0914. The molecule has 1 amide bonds. The van der Waals surface area contributed by atoms with E-state index in [4.69, 9.17) is 4.52 Å². The highest BCUT2D eigenvalue weighted by Crippen LogP contribution is 2.20. The average molecular weight is 277 g/mol. The summed E-state index contributed by atoms with van der Waals surface area (Å²) in [6.07, 6.45) is 0. The van der Waals surface area contributed by atoms with Crippen LogP contribution in [0.5, 0.6) is 0 Å². The van der Waals surface area contributed by atoms with Crippen LogP contribution in [-0.4, -0.2) is 16.0 Å². The number of halogens is 1. The molecule has 6 heteroatoms. The lowest BCUT2D eigenvalue weighted by Gasteiger charge is -2.18. The first-order chi connectivity index (χ1) is 9.47. The average Bonchev–Trinajstić information content (AvgIpc) is 2.82. The molecular formula is C14H16FN3O2. The maximum atomic E-state index is 12.8. The molecule has 0 aliphatic rings. The predicted molar refractivity (Wildman–Crippen MR) is 70.5 cm³/mol. The van der Waals surface area contributed by atoms with Crippen molar-refractivity contribution in [1.82, 2.24) is 15.5 Å². The van der Waals surface area contributed by atoms with Gasteiger partial charge in [-0.15, -0.1) is 0 Å². The van der Waals surface area contributed by atoms with Crippen LogP contribution in [-0.2, 0) is 0 Å². The molecule has 0 aliphatic heterocycles. The van der Waals surface area contributed by atoms with Gasteiger partial charge in [0.05, 0.1) is 0 Å². The van der Waals surface area contributed by atoms with Gasteiger partial charge in [-0.25, -0.2) is 4.39 Å². The van der Waals surface area contributed by atoms with Crippen LogP contribution in [0.3, 0.4) is 0 Å². The largest absolute Gasteiger partial charge is 0.340 e. The maximum Gasteiger partial charge on any atom is 0.251 e. The van der Waals surface area contributed by atoms with E-state index in [-0.39, 0.29) is 23.7 Å². The number of aryl methyl sites for hydroxylation is 1. The van der Waals surface area contributed by atoms with E-state index in [0.717, 1.165) is 0 Å². The Morgan fingerprint density at radius 3 is 2.45 bits per heavy atom. The number of amides is 1. The number of carbonyl (C=O) groups is 1. The summed E-state index contributed by atoms with van der Waals surface area (Å²) in [4.78, 5) is 16.3. The van der Waals surface area contributed by atoms with Crippen molar-refractivity contribution in [2.45, 2.75) is 26.8 Å². The molecule has 1 N–H and O–H groups in total. The van der Waals surface area contributed by atoms with Crippen LogP contribution >= 0.6 is 0 Å². The van der Waals surface area contributed by atoms with E-state index < -0.39 is 0 Å². The van der Waals surface area contributed by atoms with Gasteiger partial charge in [0.2, 0.25) is 5.89 Å². The number of nitrogens with zero attached hydrogens (tertiary/aromatic N) is 2. The lowest BCUT2D eigenvalue weighted by Crippen LogP contribution is -2.32. The predicted octanol–water partition coefficient (Wildman–Crippen LogP) is 2.64. The van der Waals surface area contributed by atoms with Crippen molar-refractivity contribution in [1.29, 1.82) is 0 Å². The standard InChI is InChI=1S/C14H16FN3O2/c1-8(2)12(14-16-9(3)18-20-14)17-13(19)10-4-6-11(15)7-5-10/h4-8,12H,1-3H3,(H,17,19)/t12-/m1/s1. The van der Waals surface area contributed by atoms with E-state index in [1.807, 2.05) is 13.8 Å². The molecule has 0 bridgehead atoms. The zero-order chi connectivity index (χ0) is 14.7. The Kier molecular flexibility index (Phi) is 4.12. The number of carbonyl (C=O) groups excluding carboxylic acids is 1. The summed E-state index contributed by atoms with van der Waals surface area (Å²) in [6.45, 7) is 5.59. The SMILES string of the molecule is Cc1noc([C@H](NC(=O)c2ccc(F)cc2)C(C)C)n1. The van der Waals surface area contributed by atoms with E-state index >= 15 is 0 Å². The number of hydrogen-bond acceptors (Lipinski definition) is 4. The highest BCUT2D eigenvalue weighted by molar-refractivity contribution is 5.94. The molecule has 1 aromatic heterocycles. The number of benzene rings is 1. The minimum absolute atomic E-state index is 0.0826. The molecule has 1 atom stereocenters. The molecule has 5 nitrogen and oxygen atoms in total. The molecule has 0 unspecified atom stereocenters. The van der Waals surface area contributed by atoms with E-state index in [0.29, 0.717) is 17.3 Å². The van der Waals surface area contributed by atoms with Gasteiger partial charge in [-0.2, -0.15) is 4.98 Å². The van der Waals surface area contributed by atoms with Crippen molar-refractivity contribution in [3.63, 3.8) is 0 Å². The molecule has 2 aromatic rings. The molecule has 1 heterocycles. The van der Waals surface area contributed by atoms with E-state index in [2.05, 4.69) is 15.5 Å². The van der Waals surface area contributed by atoms with Crippen LogP contribution in [0.1, 0.15) is 42.0 Å². The van der Waals surface area contributed by atoms with Crippen molar-refractivity contribution in [2.24, 2.45) is 5.92 Å². The third kappa shape index (κ3) is 3.20. The topological polar surface area (TPSA) is 68.0 Å². The molecule has 106 valence electrons. The molecule has 2 rings (SSSR count). The van der Waals surface area contributed by atoms with Crippen molar-refractivity contribution < 1.29 is 13.7 Å².